The maximum atomic E-state index is 5.33. The van der Waals surface area contributed by atoms with Gasteiger partial charge in [-0.3, -0.25) is 0 Å². The van der Waals surface area contributed by atoms with Crippen LogP contribution in [0.5, 0.6) is 5.75 Å². The molecule has 98 valence electrons. The van der Waals surface area contributed by atoms with Crippen LogP contribution >= 0.6 is 0 Å². The Kier molecular flexibility index (Phi) is 4.47. The summed E-state index contributed by atoms with van der Waals surface area (Å²) in [7, 11) is -0.991. The Morgan fingerprint density at radius 2 is 1.61 bits per heavy atom. The molecule has 0 aliphatic carbocycles. The quantitative estimate of drug-likeness (QED) is 0.594. The van der Waals surface area contributed by atoms with Crippen LogP contribution in [-0.4, -0.2) is 23.3 Å². The highest BCUT2D eigenvalue weighted by molar-refractivity contribution is 6.89. The number of benzene rings is 1. The molecule has 0 bridgehead atoms. The van der Waals surface area contributed by atoms with Crippen molar-refractivity contribution >= 4 is 21.3 Å². The zero-order valence-electron chi connectivity index (χ0n) is 12.6. The Hall–Kier alpha value is -0.986. The monoisotopic (exact) mass is 276 g/mol. The second-order valence-electron chi connectivity index (χ2n) is 6.66. The first-order valence-electron chi connectivity index (χ1n) is 6.35. The Bertz CT molecular complexity index is 482. The number of methoxy groups -OCH3 is 1. The molecule has 0 fully saturated rings. The highest BCUT2D eigenvalue weighted by atomic mass is 28.3. The van der Waals surface area contributed by atoms with Gasteiger partial charge in [-0.25, -0.2) is 0 Å². The van der Waals surface area contributed by atoms with Crippen molar-refractivity contribution in [2.45, 2.75) is 39.3 Å². The Balaban J connectivity index is 3.31. The fraction of sp³-hybridized carbons (Fsp3) is 0.467. The van der Waals surface area contributed by atoms with Crippen molar-refractivity contribution in [3.8, 4) is 17.2 Å². The van der Waals surface area contributed by atoms with Crippen molar-refractivity contribution in [3.05, 3.63) is 23.8 Å². The number of hydrogen-bond donors (Lipinski definition) is 0. The first kappa shape index (κ1) is 15.1. The van der Waals surface area contributed by atoms with Crippen LogP contribution in [0.4, 0.5) is 0 Å². The van der Waals surface area contributed by atoms with E-state index in [0.717, 1.165) is 5.75 Å². The normalized spacial score (nSPS) is 11.7. The lowest BCUT2D eigenvalue weighted by molar-refractivity contribution is 0.415. The summed E-state index contributed by atoms with van der Waals surface area (Å²) in [6.07, 6.45) is 0. The van der Waals surface area contributed by atoms with Crippen molar-refractivity contribution in [1.82, 2.24) is 0 Å². The van der Waals surface area contributed by atoms with E-state index < -0.39 is 16.1 Å². The summed E-state index contributed by atoms with van der Waals surface area (Å²) < 4.78 is 5.33. The van der Waals surface area contributed by atoms with E-state index >= 15 is 0 Å². The van der Waals surface area contributed by atoms with Crippen LogP contribution in [0.2, 0.25) is 39.3 Å². The molecule has 0 aliphatic rings. The van der Waals surface area contributed by atoms with Gasteiger partial charge in [-0.1, -0.05) is 45.2 Å². The van der Waals surface area contributed by atoms with Gasteiger partial charge in [0.25, 0.3) is 0 Å². The van der Waals surface area contributed by atoms with Crippen LogP contribution in [0.15, 0.2) is 18.2 Å². The predicted molar refractivity (Wildman–Crippen MR) is 86.2 cm³/mol. The van der Waals surface area contributed by atoms with E-state index in [1.54, 1.807) is 7.11 Å². The van der Waals surface area contributed by atoms with Crippen molar-refractivity contribution in [3.63, 3.8) is 0 Å². The lowest BCUT2D eigenvalue weighted by Gasteiger charge is -2.19. The second-order valence-corrected chi connectivity index (χ2v) is 16.5. The molecule has 0 unspecified atom stereocenters. The van der Waals surface area contributed by atoms with Crippen molar-refractivity contribution in [1.29, 1.82) is 0 Å². The molecule has 0 radical (unpaired) electrons. The minimum absolute atomic E-state index is 0.936. The number of rotatable bonds is 2. The third-order valence-corrected chi connectivity index (χ3v) is 5.51. The van der Waals surface area contributed by atoms with Gasteiger partial charge in [-0.05, 0) is 23.4 Å². The fourth-order valence-electron chi connectivity index (χ4n) is 1.63. The fourth-order valence-corrected chi connectivity index (χ4v) is 3.67. The van der Waals surface area contributed by atoms with Gasteiger partial charge in [0.2, 0.25) is 0 Å². The molecule has 0 aromatic heterocycles. The van der Waals surface area contributed by atoms with E-state index in [9.17, 15) is 0 Å². The van der Waals surface area contributed by atoms with E-state index in [1.807, 2.05) is 6.07 Å². The number of ether oxygens (including phenoxy) is 1. The third-order valence-electron chi connectivity index (χ3n) is 2.61. The molecule has 1 aromatic carbocycles. The molecule has 18 heavy (non-hydrogen) atoms. The predicted octanol–water partition coefficient (Wildman–Crippen LogP) is 3.47. The summed E-state index contributed by atoms with van der Waals surface area (Å²) in [5.74, 6) is 4.34. The van der Waals surface area contributed by atoms with Gasteiger partial charge in [0, 0.05) is 5.56 Å². The molecule has 1 rings (SSSR count). The van der Waals surface area contributed by atoms with Gasteiger partial charge in [0.05, 0.1) is 15.2 Å². The summed E-state index contributed by atoms with van der Waals surface area (Å²) in [5, 5.41) is 1.40. The van der Waals surface area contributed by atoms with E-state index in [1.165, 1.54) is 10.8 Å². The van der Waals surface area contributed by atoms with E-state index in [2.05, 4.69) is 62.9 Å². The average molecular weight is 277 g/mol. The molecule has 0 saturated heterocycles. The lowest BCUT2D eigenvalue weighted by Crippen LogP contribution is -2.39. The summed E-state index contributed by atoms with van der Waals surface area (Å²) in [5.41, 5.74) is 4.65. The van der Waals surface area contributed by atoms with E-state index in [-0.39, 0.29) is 0 Å². The van der Waals surface area contributed by atoms with Gasteiger partial charge in [0.15, 0.2) is 0 Å². The SMILES string of the molecule is COc1ccc(C#C[Si](C)(C)C)c([Si](C)(C)C)c1. The Morgan fingerprint density at radius 1 is 1.00 bits per heavy atom. The zero-order chi connectivity index (χ0) is 14.0. The molecular weight excluding hydrogens is 252 g/mol. The van der Waals surface area contributed by atoms with Gasteiger partial charge in [-0.2, -0.15) is 0 Å². The molecule has 1 nitrogen and oxygen atoms in total. The van der Waals surface area contributed by atoms with E-state index in [4.69, 9.17) is 4.74 Å². The Labute approximate surface area is 114 Å². The molecule has 0 aliphatic heterocycles. The van der Waals surface area contributed by atoms with Crippen molar-refractivity contribution < 1.29 is 4.74 Å². The minimum atomic E-state index is -1.39. The van der Waals surface area contributed by atoms with Crippen LogP contribution < -0.4 is 9.92 Å². The molecule has 1 aromatic rings. The minimum Gasteiger partial charge on any atom is -0.497 e. The van der Waals surface area contributed by atoms with Crippen LogP contribution in [-0.2, 0) is 0 Å². The van der Waals surface area contributed by atoms with E-state index in [0.29, 0.717) is 0 Å². The molecule has 0 heterocycles. The maximum Gasteiger partial charge on any atom is 0.129 e. The molecule has 0 spiro atoms. The highest BCUT2D eigenvalue weighted by Gasteiger charge is 2.20. The second kappa shape index (κ2) is 5.33. The maximum absolute atomic E-state index is 5.33. The summed E-state index contributed by atoms with van der Waals surface area (Å²) in [6, 6.07) is 6.29. The molecule has 0 N–H and O–H groups in total. The summed E-state index contributed by atoms with van der Waals surface area (Å²) in [4.78, 5) is 0. The number of hydrogen-bond acceptors (Lipinski definition) is 1. The molecule has 3 heteroatoms. The molecular formula is C15H24OSi2. The van der Waals surface area contributed by atoms with Crippen molar-refractivity contribution in [2.24, 2.45) is 0 Å². The standard InChI is InChI=1S/C15H24OSi2/c1-16-14-9-8-13(10-11-17(2,3)4)15(12-14)18(5,6)7/h8-9,12H,1-7H3. The van der Waals surface area contributed by atoms with Crippen LogP contribution in [0.3, 0.4) is 0 Å². The van der Waals surface area contributed by atoms with Crippen LogP contribution in [0.25, 0.3) is 0 Å². The molecule has 0 amide bonds. The van der Waals surface area contributed by atoms with Gasteiger partial charge >= 0.3 is 0 Å². The molecule has 0 saturated carbocycles. The van der Waals surface area contributed by atoms with Crippen LogP contribution in [0, 0.1) is 11.5 Å². The Morgan fingerprint density at radius 3 is 2.06 bits per heavy atom. The lowest BCUT2D eigenvalue weighted by atomic mass is 10.2. The first-order chi connectivity index (χ1) is 8.13. The summed E-state index contributed by atoms with van der Waals surface area (Å²) in [6.45, 7) is 13.9. The first-order valence-corrected chi connectivity index (χ1v) is 13.4. The molecule has 0 atom stereocenters. The van der Waals surface area contributed by atoms with Gasteiger partial charge in [-0.15, -0.1) is 5.54 Å². The van der Waals surface area contributed by atoms with Crippen molar-refractivity contribution in [2.75, 3.05) is 7.11 Å². The average Bonchev–Trinajstić information content (AvgIpc) is 2.24. The largest absolute Gasteiger partial charge is 0.497 e. The third kappa shape index (κ3) is 4.36. The smallest absolute Gasteiger partial charge is 0.129 e. The summed E-state index contributed by atoms with van der Waals surface area (Å²) >= 11 is 0. The van der Waals surface area contributed by atoms with Gasteiger partial charge in [0.1, 0.15) is 13.8 Å². The van der Waals surface area contributed by atoms with Gasteiger partial charge < -0.3 is 4.74 Å². The topological polar surface area (TPSA) is 9.23 Å². The zero-order valence-corrected chi connectivity index (χ0v) is 14.6. The van der Waals surface area contributed by atoms with Crippen LogP contribution in [0.1, 0.15) is 5.56 Å². The highest BCUT2D eigenvalue weighted by Crippen LogP contribution is 2.14.